The Bertz CT molecular complexity index is 1060. The van der Waals surface area contributed by atoms with Crippen molar-refractivity contribution in [2.75, 3.05) is 19.0 Å². The van der Waals surface area contributed by atoms with Crippen LogP contribution in [0.25, 0.3) is 11.4 Å². The van der Waals surface area contributed by atoms with Crippen molar-refractivity contribution in [1.29, 1.82) is 0 Å². The fourth-order valence-electron chi connectivity index (χ4n) is 2.66. The first-order chi connectivity index (χ1) is 14.4. The summed E-state index contributed by atoms with van der Waals surface area (Å²) in [4.78, 5) is 29.7. The molecular weight excluding hydrogens is 413 g/mol. The molecular formula is C20H19ClFN5O3. The zero-order chi connectivity index (χ0) is 21.7. The molecule has 156 valence electrons. The summed E-state index contributed by atoms with van der Waals surface area (Å²) >= 11 is 6.00. The number of halogens is 2. The first-order valence-corrected chi connectivity index (χ1v) is 9.32. The standard InChI is InChI=1S/C20H19ClFN5O3/c1-4-30-27-20(28)14-10-23-17(21)7-15(14)26-16-6-12(22)5-13(18(16)29-3)19-24-8-11(2)9-25-19/h5-10H,4H2,1-3H3,(H,23,26)(H,27,28). The van der Waals surface area contributed by atoms with E-state index < -0.39 is 11.7 Å². The van der Waals surface area contributed by atoms with Crippen LogP contribution >= 0.6 is 11.6 Å². The number of aromatic nitrogens is 3. The number of methoxy groups -OCH3 is 1. The van der Waals surface area contributed by atoms with E-state index in [1.807, 2.05) is 6.92 Å². The van der Waals surface area contributed by atoms with Crippen LogP contribution < -0.4 is 15.5 Å². The number of hydroxylamine groups is 1. The van der Waals surface area contributed by atoms with Crippen LogP contribution in [0.1, 0.15) is 22.8 Å². The Morgan fingerprint density at radius 2 is 1.87 bits per heavy atom. The number of carbonyl (C=O) groups is 1. The molecule has 1 amide bonds. The van der Waals surface area contributed by atoms with Gasteiger partial charge in [0.1, 0.15) is 11.0 Å². The summed E-state index contributed by atoms with van der Waals surface area (Å²) in [7, 11) is 1.44. The van der Waals surface area contributed by atoms with E-state index in [9.17, 15) is 9.18 Å². The molecule has 0 aliphatic heterocycles. The van der Waals surface area contributed by atoms with Gasteiger partial charge in [-0.2, -0.15) is 0 Å². The normalized spacial score (nSPS) is 10.6. The lowest BCUT2D eigenvalue weighted by atomic mass is 10.1. The number of nitrogens with one attached hydrogen (secondary N) is 2. The molecule has 0 saturated carbocycles. The summed E-state index contributed by atoms with van der Waals surface area (Å²) in [6.07, 6.45) is 4.53. The van der Waals surface area contributed by atoms with E-state index in [1.54, 1.807) is 19.3 Å². The summed E-state index contributed by atoms with van der Waals surface area (Å²) in [5.41, 5.74) is 4.19. The maximum atomic E-state index is 14.4. The zero-order valence-corrected chi connectivity index (χ0v) is 17.2. The highest BCUT2D eigenvalue weighted by Crippen LogP contribution is 2.38. The molecule has 30 heavy (non-hydrogen) atoms. The number of ether oxygens (including phenoxy) is 1. The lowest BCUT2D eigenvalue weighted by Gasteiger charge is -2.17. The average molecular weight is 432 g/mol. The Morgan fingerprint density at radius 1 is 1.13 bits per heavy atom. The summed E-state index contributed by atoms with van der Waals surface area (Å²) in [6, 6.07) is 3.95. The number of amides is 1. The van der Waals surface area contributed by atoms with Crippen LogP contribution in [0.2, 0.25) is 5.15 Å². The number of aryl methyl sites for hydroxylation is 1. The van der Waals surface area contributed by atoms with Crippen molar-refractivity contribution in [2.24, 2.45) is 0 Å². The second-order valence-electron chi connectivity index (χ2n) is 6.16. The van der Waals surface area contributed by atoms with Gasteiger partial charge in [0, 0.05) is 24.7 Å². The monoisotopic (exact) mass is 431 g/mol. The minimum absolute atomic E-state index is 0.142. The molecule has 1 aromatic carbocycles. The number of carbonyl (C=O) groups excluding carboxylic acids is 1. The number of rotatable bonds is 7. The average Bonchev–Trinajstić information content (AvgIpc) is 2.72. The first-order valence-electron chi connectivity index (χ1n) is 8.94. The van der Waals surface area contributed by atoms with Gasteiger partial charge in [0.15, 0.2) is 11.6 Å². The number of nitrogens with zero attached hydrogens (tertiary/aromatic N) is 3. The van der Waals surface area contributed by atoms with Crippen LogP contribution in [0.4, 0.5) is 15.8 Å². The third-order valence-electron chi connectivity index (χ3n) is 3.97. The van der Waals surface area contributed by atoms with Crippen molar-refractivity contribution in [2.45, 2.75) is 13.8 Å². The molecule has 3 rings (SSSR count). The molecule has 2 heterocycles. The fourth-order valence-corrected chi connectivity index (χ4v) is 2.81. The fraction of sp³-hybridized carbons (Fsp3) is 0.200. The van der Waals surface area contributed by atoms with E-state index in [1.165, 1.54) is 31.5 Å². The van der Waals surface area contributed by atoms with Crippen LogP contribution in [-0.4, -0.2) is 34.6 Å². The summed E-state index contributed by atoms with van der Waals surface area (Å²) in [5.74, 6) is -0.495. The van der Waals surface area contributed by atoms with Gasteiger partial charge in [0.2, 0.25) is 0 Å². The predicted octanol–water partition coefficient (Wildman–Crippen LogP) is 4.07. The van der Waals surface area contributed by atoms with Crippen molar-refractivity contribution in [3.8, 4) is 17.1 Å². The molecule has 0 atom stereocenters. The van der Waals surface area contributed by atoms with Crippen molar-refractivity contribution < 1.29 is 18.8 Å². The van der Waals surface area contributed by atoms with E-state index >= 15 is 0 Å². The van der Waals surface area contributed by atoms with Crippen LogP contribution in [0.5, 0.6) is 5.75 Å². The molecule has 10 heteroatoms. The van der Waals surface area contributed by atoms with Crippen LogP contribution in [0.3, 0.4) is 0 Å². The summed E-state index contributed by atoms with van der Waals surface area (Å²) < 4.78 is 19.9. The molecule has 0 fully saturated rings. The molecule has 0 aliphatic carbocycles. The Morgan fingerprint density at radius 3 is 2.53 bits per heavy atom. The zero-order valence-electron chi connectivity index (χ0n) is 16.5. The SMILES string of the molecule is CCONC(=O)c1cnc(Cl)cc1Nc1cc(F)cc(-c2ncc(C)cn2)c1OC. The maximum Gasteiger partial charge on any atom is 0.278 e. The Balaban J connectivity index is 2.06. The first kappa shape index (κ1) is 21.4. The highest BCUT2D eigenvalue weighted by Gasteiger charge is 2.19. The molecule has 3 aromatic rings. The van der Waals surface area contributed by atoms with Crippen molar-refractivity contribution in [1.82, 2.24) is 20.4 Å². The topological polar surface area (TPSA) is 98.3 Å². The van der Waals surface area contributed by atoms with Gasteiger partial charge in [-0.05, 0) is 31.5 Å². The van der Waals surface area contributed by atoms with Crippen molar-refractivity contribution in [3.63, 3.8) is 0 Å². The predicted molar refractivity (Wildman–Crippen MR) is 110 cm³/mol. The van der Waals surface area contributed by atoms with Crippen LogP contribution in [0, 0.1) is 12.7 Å². The van der Waals surface area contributed by atoms with Crippen LogP contribution in [-0.2, 0) is 4.84 Å². The molecule has 0 spiro atoms. The number of benzene rings is 1. The largest absolute Gasteiger partial charge is 0.494 e. The Hall–Kier alpha value is -3.30. The van der Waals surface area contributed by atoms with E-state index in [0.717, 1.165) is 5.56 Å². The third-order valence-corrected chi connectivity index (χ3v) is 4.18. The quantitative estimate of drug-likeness (QED) is 0.429. The smallest absolute Gasteiger partial charge is 0.278 e. The second kappa shape index (κ2) is 9.47. The molecule has 0 aliphatic rings. The number of anilines is 2. The number of pyridine rings is 1. The lowest BCUT2D eigenvalue weighted by Crippen LogP contribution is -2.24. The van der Waals surface area contributed by atoms with E-state index in [2.05, 4.69) is 25.7 Å². The maximum absolute atomic E-state index is 14.4. The van der Waals surface area contributed by atoms with Crippen molar-refractivity contribution >= 4 is 28.9 Å². The van der Waals surface area contributed by atoms with Crippen molar-refractivity contribution in [3.05, 3.63) is 58.9 Å². The molecule has 0 radical (unpaired) electrons. The Labute approximate surface area is 177 Å². The third kappa shape index (κ3) is 4.81. The number of hydrogen-bond donors (Lipinski definition) is 2. The molecule has 8 nitrogen and oxygen atoms in total. The van der Waals surface area contributed by atoms with Gasteiger partial charge in [-0.25, -0.2) is 24.8 Å². The highest BCUT2D eigenvalue weighted by molar-refractivity contribution is 6.29. The minimum atomic E-state index is -0.544. The Kier molecular flexibility index (Phi) is 6.76. The lowest BCUT2D eigenvalue weighted by molar-refractivity contribution is 0.0365. The van der Waals surface area contributed by atoms with E-state index in [4.69, 9.17) is 21.2 Å². The van der Waals surface area contributed by atoms with Gasteiger partial charge < -0.3 is 10.1 Å². The molecule has 0 bridgehead atoms. The molecule has 0 saturated heterocycles. The molecule has 0 unspecified atom stereocenters. The van der Waals surface area contributed by atoms with E-state index in [0.29, 0.717) is 17.1 Å². The van der Waals surface area contributed by atoms with Crippen LogP contribution in [0.15, 0.2) is 36.8 Å². The highest BCUT2D eigenvalue weighted by atomic mass is 35.5. The molecule has 2 N–H and O–H groups in total. The summed E-state index contributed by atoms with van der Waals surface area (Å²) in [6.45, 7) is 3.86. The van der Waals surface area contributed by atoms with Gasteiger partial charge in [-0.15, -0.1) is 0 Å². The number of hydrogen-bond acceptors (Lipinski definition) is 7. The van der Waals surface area contributed by atoms with Gasteiger partial charge in [0.05, 0.1) is 36.2 Å². The molecule has 2 aromatic heterocycles. The van der Waals surface area contributed by atoms with Gasteiger partial charge >= 0.3 is 0 Å². The van der Waals surface area contributed by atoms with Gasteiger partial charge in [-0.1, -0.05) is 11.6 Å². The minimum Gasteiger partial charge on any atom is -0.494 e. The summed E-state index contributed by atoms with van der Waals surface area (Å²) in [5, 5.41) is 3.13. The second-order valence-corrected chi connectivity index (χ2v) is 6.55. The van der Waals surface area contributed by atoms with Gasteiger partial charge in [0.25, 0.3) is 5.91 Å². The van der Waals surface area contributed by atoms with Gasteiger partial charge in [-0.3, -0.25) is 9.63 Å². The van der Waals surface area contributed by atoms with E-state index in [-0.39, 0.29) is 28.7 Å².